The summed E-state index contributed by atoms with van der Waals surface area (Å²) in [6.45, 7) is 3.47. The maximum absolute atomic E-state index is 12.3. The molecule has 1 aliphatic heterocycles. The Morgan fingerprint density at radius 1 is 1.29 bits per heavy atom. The van der Waals surface area contributed by atoms with Crippen molar-refractivity contribution in [2.45, 2.75) is 31.9 Å². The van der Waals surface area contributed by atoms with Gasteiger partial charge in [0.1, 0.15) is 0 Å². The number of carbonyl (C=O) groups is 1. The van der Waals surface area contributed by atoms with Crippen LogP contribution in [0.15, 0.2) is 42.7 Å². The van der Waals surface area contributed by atoms with E-state index in [1.807, 2.05) is 37.3 Å². The zero-order valence-electron chi connectivity index (χ0n) is 13.7. The van der Waals surface area contributed by atoms with Gasteiger partial charge in [0.15, 0.2) is 0 Å². The summed E-state index contributed by atoms with van der Waals surface area (Å²) < 4.78 is 5.54. The van der Waals surface area contributed by atoms with Crippen molar-refractivity contribution in [2.24, 2.45) is 0 Å². The molecule has 0 aliphatic carbocycles. The number of benzene rings is 1. The van der Waals surface area contributed by atoms with Crippen molar-refractivity contribution < 1.29 is 9.53 Å². The molecule has 2 atom stereocenters. The maximum Gasteiger partial charge on any atom is 0.254 e. The monoisotopic (exact) mass is 326 g/mol. The van der Waals surface area contributed by atoms with Gasteiger partial charge < -0.3 is 15.4 Å². The third-order valence-electron chi connectivity index (χ3n) is 4.07. The van der Waals surface area contributed by atoms with Crippen LogP contribution in [0.3, 0.4) is 0 Å². The Morgan fingerprint density at radius 3 is 2.71 bits per heavy atom. The van der Waals surface area contributed by atoms with Crippen LogP contribution in [0.5, 0.6) is 0 Å². The second-order valence-electron chi connectivity index (χ2n) is 5.92. The van der Waals surface area contributed by atoms with E-state index in [4.69, 9.17) is 4.74 Å². The lowest BCUT2D eigenvalue weighted by molar-refractivity contribution is 0.0939. The third kappa shape index (κ3) is 4.29. The van der Waals surface area contributed by atoms with Crippen molar-refractivity contribution in [3.63, 3.8) is 0 Å². The number of ether oxygens (including phenoxy) is 1. The van der Waals surface area contributed by atoms with E-state index in [0.29, 0.717) is 18.1 Å². The standard InChI is InChI=1S/C18H22N4O2/c1-13(14-6-3-2-4-7-14)22-17(23)15-10-19-18(20-11-15)21-12-16-8-5-9-24-16/h2-4,6-7,10-11,13,16H,5,8-9,12H2,1H3,(H,22,23)(H,19,20,21). The van der Waals surface area contributed by atoms with E-state index in [1.165, 1.54) is 12.4 Å². The van der Waals surface area contributed by atoms with Gasteiger partial charge in [-0.2, -0.15) is 0 Å². The Hall–Kier alpha value is -2.47. The minimum absolute atomic E-state index is 0.0731. The van der Waals surface area contributed by atoms with E-state index < -0.39 is 0 Å². The lowest BCUT2D eigenvalue weighted by Crippen LogP contribution is -2.27. The summed E-state index contributed by atoms with van der Waals surface area (Å²) >= 11 is 0. The van der Waals surface area contributed by atoms with Crippen LogP contribution < -0.4 is 10.6 Å². The van der Waals surface area contributed by atoms with Crippen LogP contribution in [0.25, 0.3) is 0 Å². The normalized spacial score (nSPS) is 18.1. The first-order valence-corrected chi connectivity index (χ1v) is 8.25. The maximum atomic E-state index is 12.3. The second-order valence-corrected chi connectivity index (χ2v) is 5.92. The molecule has 6 nitrogen and oxygen atoms in total. The predicted molar refractivity (Wildman–Crippen MR) is 91.8 cm³/mol. The van der Waals surface area contributed by atoms with E-state index in [1.54, 1.807) is 0 Å². The molecule has 126 valence electrons. The first kappa shape index (κ1) is 16.4. The molecule has 24 heavy (non-hydrogen) atoms. The number of aromatic nitrogens is 2. The van der Waals surface area contributed by atoms with Gasteiger partial charge in [-0.05, 0) is 25.3 Å². The van der Waals surface area contributed by atoms with Gasteiger partial charge in [-0.15, -0.1) is 0 Å². The Labute approximate surface area is 141 Å². The second kappa shape index (κ2) is 7.88. The Balaban J connectivity index is 1.53. The molecule has 1 fully saturated rings. The molecule has 1 aromatic heterocycles. The molecular formula is C18H22N4O2. The highest BCUT2D eigenvalue weighted by Gasteiger charge is 2.16. The highest BCUT2D eigenvalue weighted by molar-refractivity contribution is 5.93. The van der Waals surface area contributed by atoms with Gasteiger partial charge >= 0.3 is 0 Å². The molecule has 0 radical (unpaired) electrons. The Bertz CT molecular complexity index is 654. The van der Waals surface area contributed by atoms with Crippen molar-refractivity contribution in [1.82, 2.24) is 15.3 Å². The molecule has 2 N–H and O–H groups in total. The summed E-state index contributed by atoms with van der Waals surface area (Å²) in [5, 5.41) is 6.09. The van der Waals surface area contributed by atoms with Gasteiger partial charge in [-0.25, -0.2) is 9.97 Å². The molecule has 1 saturated heterocycles. The van der Waals surface area contributed by atoms with Crippen molar-refractivity contribution in [1.29, 1.82) is 0 Å². The van der Waals surface area contributed by atoms with E-state index >= 15 is 0 Å². The number of rotatable bonds is 6. The van der Waals surface area contributed by atoms with Crippen LogP contribution in [0.1, 0.15) is 41.7 Å². The van der Waals surface area contributed by atoms with Crippen LogP contribution in [0.4, 0.5) is 5.95 Å². The highest BCUT2D eigenvalue weighted by atomic mass is 16.5. The quantitative estimate of drug-likeness (QED) is 0.853. The molecule has 3 rings (SSSR count). The molecule has 0 spiro atoms. The molecule has 6 heteroatoms. The predicted octanol–water partition coefficient (Wildman–Crippen LogP) is 2.56. The number of amides is 1. The topological polar surface area (TPSA) is 76.1 Å². The highest BCUT2D eigenvalue weighted by Crippen LogP contribution is 2.13. The number of nitrogens with one attached hydrogen (secondary N) is 2. The average molecular weight is 326 g/mol. The minimum atomic E-state index is -0.183. The summed E-state index contributed by atoms with van der Waals surface area (Å²) in [5.74, 6) is 0.329. The van der Waals surface area contributed by atoms with Gasteiger partial charge in [-0.1, -0.05) is 30.3 Å². The molecule has 1 amide bonds. The first-order valence-electron chi connectivity index (χ1n) is 8.25. The summed E-state index contributed by atoms with van der Waals surface area (Å²) in [5.41, 5.74) is 1.50. The lowest BCUT2D eigenvalue weighted by atomic mass is 10.1. The smallest absolute Gasteiger partial charge is 0.254 e. The fourth-order valence-electron chi connectivity index (χ4n) is 2.65. The van der Waals surface area contributed by atoms with Crippen molar-refractivity contribution in [3.05, 3.63) is 53.9 Å². The molecular weight excluding hydrogens is 304 g/mol. The van der Waals surface area contributed by atoms with Crippen molar-refractivity contribution in [2.75, 3.05) is 18.5 Å². The van der Waals surface area contributed by atoms with Crippen LogP contribution in [-0.4, -0.2) is 35.1 Å². The summed E-state index contributed by atoms with van der Waals surface area (Å²) in [6.07, 6.45) is 5.47. The molecule has 0 saturated carbocycles. The van der Waals surface area contributed by atoms with Crippen molar-refractivity contribution in [3.8, 4) is 0 Å². The molecule has 2 aromatic rings. The molecule has 1 aliphatic rings. The third-order valence-corrected chi connectivity index (χ3v) is 4.07. The first-order chi connectivity index (χ1) is 11.7. The molecule has 2 unspecified atom stereocenters. The van der Waals surface area contributed by atoms with Crippen LogP contribution in [0.2, 0.25) is 0 Å². The zero-order valence-corrected chi connectivity index (χ0v) is 13.7. The minimum Gasteiger partial charge on any atom is -0.376 e. The molecule has 0 bridgehead atoms. The number of hydrogen-bond donors (Lipinski definition) is 2. The van der Waals surface area contributed by atoms with Crippen molar-refractivity contribution >= 4 is 11.9 Å². The fourth-order valence-corrected chi connectivity index (χ4v) is 2.65. The number of anilines is 1. The van der Waals surface area contributed by atoms with Gasteiger partial charge in [0.2, 0.25) is 5.95 Å². The van der Waals surface area contributed by atoms with E-state index in [-0.39, 0.29) is 18.1 Å². The molecule has 2 heterocycles. The largest absolute Gasteiger partial charge is 0.376 e. The number of nitrogens with zero attached hydrogens (tertiary/aromatic N) is 2. The van der Waals surface area contributed by atoms with Gasteiger partial charge in [-0.3, -0.25) is 4.79 Å². The van der Waals surface area contributed by atoms with Gasteiger partial charge in [0, 0.05) is 25.5 Å². The van der Waals surface area contributed by atoms with E-state index in [2.05, 4.69) is 20.6 Å². The zero-order chi connectivity index (χ0) is 16.8. The van der Waals surface area contributed by atoms with Crippen LogP contribution in [-0.2, 0) is 4.74 Å². The van der Waals surface area contributed by atoms with E-state index in [9.17, 15) is 4.79 Å². The van der Waals surface area contributed by atoms with Gasteiger partial charge in [0.05, 0.1) is 17.7 Å². The number of carbonyl (C=O) groups excluding carboxylic acids is 1. The fraction of sp³-hybridized carbons (Fsp3) is 0.389. The Morgan fingerprint density at radius 2 is 2.04 bits per heavy atom. The Kier molecular flexibility index (Phi) is 5.38. The van der Waals surface area contributed by atoms with E-state index in [0.717, 1.165) is 25.0 Å². The lowest BCUT2D eigenvalue weighted by Gasteiger charge is -2.14. The van der Waals surface area contributed by atoms with Crippen LogP contribution in [0, 0.1) is 0 Å². The molecule has 1 aromatic carbocycles. The van der Waals surface area contributed by atoms with Crippen LogP contribution >= 0.6 is 0 Å². The summed E-state index contributed by atoms with van der Waals surface area (Å²) in [6, 6.07) is 9.76. The SMILES string of the molecule is CC(NC(=O)c1cnc(NCC2CCCO2)nc1)c1ccccc1. The average Bonchev–Trinajstić information content (AvgIpc) is 3.14. The number of hydrogen-bond acceptors (Lipinski definition) is 5. The summed E-state index contributed by atoms with van der Waals surface area (Å²) in [4.78, 5) is 20.7. The van der Waals surface area contributed by atoms with Gasteiger partial charge in [0.25, 0.3) is 5.91 Å². The summed E-state index contributed by atoms with van der Waals surface area (Å²) in [7, 11) is 0.